The minimum atomic E-state index is -1.30. The smallest absolute Gasteiger partial charge is 0.170 e. The van der Waals surface area contributed by atoms with Crippen molar-refractivity contribution in [3.63, 3.8) is 0 Å². The van der Waals surface area contributed by atoms with Gasteiger partial charge < -0.3 is 24.1 Å². The summed E-state index contributed by atoms with van der Waals surface area (Å²) in [5.41, 5.74) is -0.156. The molecule has 1 aliphatic carbocycles. The topological polar surface area (TPSA) is 74.2 Å². The Labute approximate surface area is 128 Å². The maximum Gasteiger partial charge on any atom is 0.170 e. The Morgan fingerprint density at radius 2 is 1.91 bits per heavy atom. The van der Waals surface area contributed by atoms with E-state index in [9.17, 15) is 9.90 Å². The van der Waals surface area contributed by atoms with Crippen LogP contribution in [0.4, 0.5) is 0 Å². The molecule has 120 valence electrons. The molecule has 0 saturated carbocycles. The molecule has 1 N–H and O–H groups in total. The van der Waals surface area contributed by atoms with Gasteiger partial charge in [-0.15, -0.1) is 0 Å². The Hall–Kier alpha value is -1.63. The number of carbonyl (C=O) groups is 1. The van der Waals surface area contributed by atoms with Gasteiger partial charge in [-0.25, -0.2) is 0 Å². The molecule has 0 spiro atoms. The summed E-state index contributed by atoms with van der Waals surface area (Å²) < 4.78 is 21.6. The largest absolute Gasteiger partial charge is 0.496 e. The minimum absolute atomic E-state index is 0.0235. The number of hydrogen-bond donors (Lipinski definition) is 1. The van der Waals surface area contributed by atoms with E-state index in [0.717, 1.165) is 0 Å². The van der Waals surface area contributed by atoms with E-state index in [1.54, 1.807) is 19.1 Å². The molecule has 6 nitrogen and oxygen atoms in total. The maximum absolute atomic E-state index is 12.6. The summed E-state index contributed by atoms with van der Waals surface area (Å²) in [5, 5.41) is 11.0. The summed E-state index contributed by atoms with van der Waals surface area (Å²) in [5.74, 6) is 0.886. The number of fused-ring (bicyclic) bond motifs is 1. The van der Waals surface area contributed by atoms with Crippen LogP contribution in [0.2, 0.25) is 0 Å². The Kier molecular flexibility index (Phi) is 3.84. The van der Waals surface area contributed by atoms with Crippen molar-refractivity contribution in [3.05, 3.63) is 23.3 Å². The fraction of sp³-hybridized carbons (Fsp3) is 0.562. The second-order valence-corrected chi connectivity index (χ2v) is 5.73. The van der Waals surface area contributed by atoms with Crippen molar-refractivity contribution in [2.75, 3.05) is 20.8 Å². The van der Waals surface area contributed by atoms with Crippen LogP contribution in [-0.2, 0) is 15.9 Å². The van der Waals surface area contributed by atoms with Crippen molar-refractivity contribution in [1.82, 2.24) is 0 Å². The van der Waals surface area contributed by atoms with Gasteiger partial charge in [0.05, 0.1) is 26.4 Å². The molecule has 1 aromatic rings. The highest BCUT2D eigenvalue weighted by Crippen LogP contribution is 2.42. The molecule has 3 rings (SSSR count). The Bertz CT molecular complexity index is 599. The SMILES string of the molecule is COc1ccc(OC)c2c1CC(O)(C1COC(C)O1)CC2=O. The molecule has 1 heterocycles. The lowest BCUT2D eigenvalue weighted by Gasteiger charge is -2.37. The van der Waals surface area contributed by atoms with Crippen LogP contribution in [0.15, 0.2) is 12.1 Å². The predicted octanol–water partition coefficient (Wildman–Crippen LogP) is 1.33. The quantitative estimate of drug-likeness (QED) is 0.908. The first kappa shape index (κ1) is 15.3. The van der Waals surface area contributed by atoms with E-state index in [-0.39, 0.29) is 31.5 Å². The molecule has 1 saturated heterocycles. The number of methoxy groups -OCH3 is 2. The fourth-order valence-electron chi connectivity index (χ4n) is 3.23. The lowest BCUT2D eigenvalue weighted by Crippen LogP contribution is -2.50. The van der Waals surface area contributed by atoms with Gasteiger partial charge in [-0.3, -0.25) is 4.79 Å². The summed E-state index contributed by atoms with van der Waals surface area (Å²) >= 11 is 0. The molecule has 3 atom stereocenters. The van der Waals surface area contributed by atoms with E-state index < -0.39 is 11.7 Å². The van der Waals surface area contributed by atoms with Crippen molar-refractivity contribution >= 4 is 5.78 Å². The number of benzene rings is 1. The number of rotatable bonds is 3. The zero-order chi connectivity index (χ0) is 15.9. The van der Waals surface area contributed by atoms with Gasteiger partial charge in [0, 0.05) is 18.4 Å². The number of ketones is 1. The molecule has 6 heteroatoms. The van der Waals surface area contributed by atoms with E-state index in [2.05, 4.69) is 0 Å². The number of ether oxygens (including phenoxy) is 4. The highest BCUT2D eigenvalue weighted by molar-refractivity contribution is 6.02. The van der Waals surface area contributed by atoms with Crippen LogP contribution in [0.1, 0.15) is 29.3 Å². The van der Waals surface area contributed by atoms with Gasteiger partial charge in [-0.1, -0.05) is 0 Å². The van der Waals surface area contributed by atoms with Gasteiger partial charge in [0.2, 0.25) is 0 Å². The minimum Gasteiger partial charge on any atom is -0.496 e. The van der Waals surface area contributed by atoms with Crippen molar-refractivity contribution in [2.45, 2.75) is 37.8 Å². The average Bonchev–Trinajstić information content (AvgIpc) is 2.93. The third-order valence-corrected chi connectivity index (χ3v) is 4.34. The molecule has 1 fully saturated rings. The van der Waals surface area contributed by atoms with E-state index >= 15 is 0 Å². The van der Waals surface area contributed by atoms with E-state index in [4.69, 9.17) is 18.9 Å². The van der Waals surface area contributed by atoms with Gasteiger partial charge >= 0.3 is 0 Å². The van der Waals surface area contributed by atoms with Crippen LogP contribution in [0.25, 0.3) is 0 Å². The van der Waals surface area contributed by atoms with Crippen molar-refractivity contribution in [3.8, 4) is 11.5 Å². The molecular formula is C16H20O6. The first-order valence-corrected chi connectivity index (χ1v) is 7.25. The van der Waals surface area contributed by atoms with E-state index in [0.29, 0.717) is 22.6 Å². The lowest BCUT2D eigenvalue weighted by atomic mass is 9.76. The predicted molar refractivity (Wildman–Crippen MR) is 77.4 cm³/mol. The third kappa shape index (κ3) is 2.37. The molecule has 3 unspecified atom stereocenters. The monoisotopic (exact) mass is 308 g/mol. The summed E-state index contributed by atoms with van der Waals surface area (Å²) in [4.78, 5) is 12.6. The fourth-order valence-corrected chi connectivity index (χ4v) is 3.23. The zero-order valence-corrected chi connectivity index (χ0v) is 12.9. The first-order chi connectivity index (χ1) is 10.5. The number of Topliss-reactive ketones (excluding diaryl/α,β-unsaturated/α-hetero) is 1. The van der Waals surface area contributed by atoms with Crippen LogP contribution in [0.5, 0.6) is 11.5 Å². The summed E-state index contributed by atoms with van der Waals surface area (Å²) in [6.07, 6.45) is -0.673. The molecule has 0 bridgehead atoms. The molecule has 0 radical (unpaired) electrons. The Morgan fingerprint density at radius 1 is 1.23 bits per heavy atom. The molecule has 1 aliphatic heterocycles. The van der Waals surface area contributed by atoms with Gasteiger partial charge in [0.25, 0.3) is 0 Å². The number of aliphatic hydroxyl groups is 1. The van der Waals surface area contributed by atoms with Gasteiger partial charge in [-0.05, 0) is 19.1 Å². The molecule has 0 aromatic heterocycles. The maximum atomic E-state index is 12.6. The van der Waals surface area contributed by atoms with Gasteiger partial charge in [-0.2, -0.15) is 0 Å². The number of carbonyl (C=O) groups excluding carboxylic acids is 1. The summed E-state index contributed by atoms with van der Waals surface area (Å²) in [6.45, 7) is 2.04. The van der Waals surface area contributed by atoms with Crippen LogP contribution < -0.4 is 9.47 Å². The molecule has 22 heavy (non-hydrogen) atoms. The molecule has 1 aromatic carbocycles. The van der Waals surface area contributed by atoms with Crippen LogP contribution in [0, 0.1) is 0 Å². The Balaban J connectivity index is 2.03. The average molecular weight is 308 g/mol. The van der Waals surface area contributed by atoms with E-state index in [1.165, 1.54) is 14.2 Å². The molecule has 0 amide bonds. The summed E-state index contributed by atoms with van der Waals surface area (Å²) in [7, 11) is 3.06. The second kappa shape index (κ2) is 5.53. The normalized spacial score (nSPS) is 31.0. The van der Waals surface area contributed by atoms with Crippen molar-refractivity contribution in [2.24, 2.45) is 0 Å². The van der Waals surface area contributed by atoms with Crippen LogP contribution >= 0.6 is 0 Å². The lowest BCUT2D eigenvalue weighted by molar-refractivity contribution is -0.112. The van der Waals surface area contributed by atoms with Gasteiger partial charge in [0.1, 0.15) is 23.2 Å². The van der Waals surface area contributed by atoms with Crippen LogP contribution in [0.3, 0.4) is 0 Å². The standard InChI is InChI=1S/C16H20O6/c1-9-21-8-14(22-9)16(18)6-10-12(19-2)4-5-13(20-3)15(10)11(17)7-16/h4-5,9,14,18H,6-8H2,1-3H3. The van der Waals surface area contributed by atoms with Crippen LogP contribution in [-0.4, -0.2) is 49.7 Å². The molecular weight excluding hydrogens is 288 g/mol. The second-order valence-electron chi connectivity index (χ2n) is 5.73. The van der Waals surface area contributed by atoms with Gasteiger partial charge in [0.15, 0.2) is 12.1 Å². The Morgan fingerprint density at radius 3 is 2.50 bits per heavy atom. The first-order valence-electron chi connectivity index (χ1n) is 7.25. The highest BCUT2D eigenvalue weighted by atomic mass is 16.7. The van der Waals surface area contributed by atoms with E-state index in [1.807, 2.05) is 0 Å². The number of hydrogen-bond acceptors (Lipinski definition) is 6. The molecule has 2 aliphatic rings. The van der Waals surface area contributed by atoms with Crippen molar-refractivity contribution < 1.29 is 28.8 Å². The zero-order valence-electron chi connectivity index (χ0n) is 12.9. The summed E-state index contributed by atoms with van der Waals surface area (Å²) in [6, 6.07) is 3.45. The third-order valence-electron chi connectivity index (χ3n) is 4.34. The van der Waals surface area contributed by atoms with Crippen molar-refractivity contribution in [1.29, 1.82) is 0 Å². The highest BCUT2D eigenvalue weighted by Gasteiger charge is 2.48.